The van der Waals surface area contributed by atoms with Crippen LogP contribution in [0.2, 0.25) is 0 Å². The second kappa shape index (κ2) is 45.4. The van der Waals surface area contributed by atoms with Crippen LogP contribution in [-0.2, 0) is 4.79 Å². The van der Waals surface area contributed by atoms with Crippen LogP contribution < -0.4 is 5.32 Å². The van der Waals surface area contributed by atoms with Crippen molar-refractivity contribution < 1.29 is 15.0 Å². The second-order valence-corrected chi connectivity index (χ2v) is 14.7. The summed E-state index contributed by atoms with van der Waals surface area (Å²) in [6.07, 6.45) is 69.2. The lowest BCUT2D eigenvalue weighted by atomic mass is 10.0. The molecule has 0 rings (SSSR count). The fourth-order valence-corrected chi connectivity index (χ4v) is 6.06. The highest BCUT2D eigenvalue weighted by atomic mass is 16.3. The highest BCUT2D eigenvalue weighted by Gasteiger charge is 2.17. The minimum Gasteiger partial charge on any atom is -0.394 e. The number of amides is 1. The molecule has 0 aliphatic carbocycles. The molecule has 3 N–H and O–H groups in total. The van der Waals surface area contributed by atoms with E-state index in [2.05, 4.69) is 116 Å². The van der Waals surface area contributed by atoms with Crippen LogP contribution in [0.5, 0.6) is 0 Å². The quantitative estimate of drug-likeness (QED) is 0.0432. The maximum atomic E-state index is 12.4. The Balaban J connectivity index is 3.78. The maximum absolute atomic E-state index is 12.4. The van der Waals surface area contributed by atoms with Crippen LogP contribution in [0.3, 0.4) is 0 Å². The van der Waals surface area contributed by atoms with Crippen LogP contribution in [-0.4, -0.2) is 34.9 Å². The standard InChI is InChI=1S/C51H85NO3/c1-3-5-7-9-11-13-15-17-19-21-23-25-26-27-29-31-33-35-37-39-41-43-45-47-51(55)52-49(48-53)50(54)46-44-42-40-38-36-34-32-30-28-24-22-20-18-16-14-12-10-8-6-4-2/h5,7,11,13,17,19,23,25,27,29,33,35-36,38-39,41,44,46,49-50,53-54H,3-4,6,8-10,12,14-16,18,20-22,24,26,28,30-32,34,37,40,42-43,45,47-48H2,1-2H3,(H,52,55)/b7-5-,13-11-,19-17-,25-23-,29-27-,35-33-,38-36+,41-39-,46-44+. The Labute approximate surface area is 340 Å². The topological polar surface area (TPSA) is 69.6 Å². The van der Waals surface area contributed by atoms with E-state index in [0.29, 0.717) is 6.42 Å². The molecule has 0 bridgehead atoms. The average molecular weight is 760 g/mol. The van der Waals surface area contributed by atoms with Crippen molar-refractivity contribution in [3.63, 3.8) is 0 Å². The molecule has 0 spiro atoms. The monoisotopic (exact) mass is 760 g/mol. The largest absolute Gasteiger partial charge is 0.394 e. The van der Waals surface area contributed by atoms with E-state index in [0.717, 1.165) is 77.0 Å². The summed E-state index contributed by atoms with van der Waals surface area (Å²) in [6.45, 7) is 4.15. The molecule has 0 saturated carbocycles. The van der Waals surface area contributed by atoms with E-state index >= 15 is 0 Å². The molecular formula is C51H85NO3. The first-order valence-electron chi connectivity index (χ1n) is 22.6. The van der Waals surface area contributed by atoms with E-state index in [1.165, 1.54) is 89.9 Å². The van der Waals surface area contributed by atoms with Gasteiger partial charge >= 0.3 is 0 Å². The maximum Gasteiger partial charge on any atom is 0.220 e. The summed E-state index contributed by atoms with van der Waals surface area (Å²) in [5.41, 5.74) is 0. The Bertz CT molecular complexity index is 1090. The number of aliphatic hydroxyl groups excluding tert-OH is 2. The van der Waals surface area contributed by atoms with Gasteiger partial charge in [0.1, 0.15) is 0 Å². The van der Waals surface area contributed by atoms with Gasteiger partial charge in [-0.2, -0.15) is 0 Å². The van der Waals surface area contributed by atoms with Crippen molar-refractivity contribution in [2.75, 3.05) is 6.61 Å². The van der Waals surface area contributed by atoms with Gasteiger partial charge in [-0.3, -0.25) is 4.79 Å². The molecular weight excluding hydrogens is 675 g/mol. The SMILES string of the molecule is CC/C=C\C/C=C\C/C=C\C/C=C\C/C=C\C/C=C\C/C=C\CCCC(=O)NC(CO)C(O)/C=C/CC/C=C/CCCCCCCCCCCCCCCC. The number of aliphatic hydroxyl groups is 2. The third-order valence-corrected chi connectivity index (χ3v) is 9.49. The van der Waals surface area contributed by atoms with Crippen LogP contribution >= 0.6 is 0 Å². The summed E-state index contributed by atoms with van der Waals surface area (Å²) >= 11 is 0. The lowest BCUT2D eigenvalue weighted by Crippen LogP contribution is -2.45. The van der Waals surface area contributed by atoms with Gasteiger partial charge in [0.05, 0.1) is 18.8 Å². The van der Waals surface area contributed by atoms with Crippen LogP contribution in [0.15, 0.2) is 109 Å². The van der Waals surface area contributed by atoms with E-state index in [9.17, 15) is 15.0 Å². The van der Waals surface area contributed by atoms with E-state index < -0.39 is 12.1 Å². The van der Waals surface area contributed by atoms with Crippen molar-refractivity contribution in [1.82, 2.24) is 5.32 Å². The van der Waals surface area contributed by atoms with E-state index in [-0.39, 0.29) is 12.5 Å². The molecule has 2 unspecified atom stereocenters. The summed E-state index contributed by atoms with van der Waals surface area (Å²) < 4.78 is 0. The Morgan fingerprint density at radius 1 is 0.455 bits per heavy atom. The predicted octanol–water partition coefficient (Wildman–Crippen LogP) is 14.4. The molecule has 0 aromatic heterocycles. The number of nitrogens with one attached hydrogen (secondary N) is 1. The molecule has 0 fully saturated rings. The lowest BCUT2D eigenvalue weighted by Gasteiger charge is -2.19. The van der Waals surface area contributed by atoms with Crippen molar-refractivity contribution >= 4 is 5.91 Å². The number of allylic oxidation sites excluding steroid dienone is 17. The van der Waals surface area contributed by atoms with Crippen molar-refractivity contribution in [2.24, 2.45) is 0 Å². The number of carbonyl (C=O) groups is 1. The molecule has 0 aromatic rings. The molecule has 312 valence electrons. The first kappa shape index (κ1) is 52.0. The lowest BCUT2D eigenvalue weighted by molar-refractivity contribution is -0.122. The summed E-state index contributed by atoms with van der Waals surface area (Å²) in [5.74, 6) is -0.136. The molecule has 0 radical (unpaired) electrons. The first-order chi connectivity index (χ1) is 27.2. The Morgan fingerprint density at radius 3 is 1.27 bits per heavy atom. The minimum absolute atomic E-state index is 0.136. The molecule has 2 atom stereocenters. The van der Waals surface area contributed by atoms with Crippen LogP contribution in [0, 0.1) is 0 Å². The van der Waals surface area contributed by atoms with E-state index in [4.69, 9.17) is 0 Å². The summed E-state index contributed by atoms with van der Waals surface area (Å²) in [4.78, 5) is 12.4. The molecule has 4 nitrogen and oxygen atoms in total. The smallest absolute Gasteiger partial charge is 0.220 e. The molecule has 1 amide bonds. The molecule has 0 aliphatic heterocycles. The molecule has 0 saturated heterocycles. The van der Waals surface area contributed by atoms with Crippen molar-refractivity contribution in [2.45, 2.75) is 199 Å². The average Bonchev–Trinajstić information content (AvgIpc) is 3.19. The number of unbranched alkanes of at least 4 members (excludes halogenated alkanes) is 16. The molecule has 4 heteroatoms. The van der Waals surface area contributed by atoms with Gasteiger partial charge in [0.25, 0.3) is 0 Å². The Kier molecular flexibility index (Phi) is 43.0. The highest BCUT2D eigenvalue weighted by molar-refractivity contribution is 5.76. The van der Waals surface area contributed by atoms with Gasteiger partial charge < -0.3 is 15.5 Å². The molecule has 0 aliphatic rings. The normalized spacial score (nSPS) is 14.0. The second-order valence-electron chi connectivity index (χ2n) is 14.7. The van der Waals surface area contributed by atoms with Gasteiger partial charge in [0.15, 0.2) is 0 Å². The number of hydrogen-bond acceptors (Lipinski definition) is 3. The zero-order valence-corrected chi connectivity index (χ0v) is 35.6. The predicted molar refractivity (Wildman–Crippen MR) is 243 cm³/mol. The highest BCUT2D eigenvalue weighted by Crippen LogP contribution is 2.14. The van der Waals surface area contributed by atoms with Gasteiger partial charge in [-0.15, -0.1) is 0 Å². The molecule has 0 aromatic carbocycles. The summed E-state index contributed by atoms with van der Waals surface area (Å²) in [7, 11) is 0. The van der Waals surface area contributed by atoms with Crippen molar-refractivity contribution in [1.29, 1.82) is 0 Å². The zero-order valence-electron chi connectivity index (χ0n) is 35.6. The fraction of sp³-hybridized carbons (Fsp3) is 0.627. The van der Waals surface area contributed by atoms with Gasteiger partial charge in [-0.1, -0.05) is 207 Å². The molecule has 0 heterocycles. The number of hydrogen-bond donors (Lipinski definition) is 3. The minimum atomic E-state index is -0.894. The fourth-order valence-electron chi connectivity index (χ4n) is 6.06. The Hall–Kier alpha value is -2.95. The van der Waals surface area contributed by atoms with Crippen molar-refractivity contribution in [3.8, 4) is 0 Å². The van der Waals surface area contributed by atoms with Crippen LogP contribution in [0.4, 0.5) is 0 Å². The zero-order chi connectivity index (χ0) is 40.0. The van der Waals surface area contributed by atoms with Gasteiger partial charge in [0.2, 0.25) is 5.91 Å². The van der Waals surface area contributed by atoms with Gasteiger partial charge in [-0.05, 0) is 83.5 Å². The van der Waals surface area contributed by atoms with E-state index in [1.807, 2.05) is 6.08 Å². The van der Waals surface area contributed by atoms with Crippen LogP contribution in [0.1, 0.15) is 187 Å². The first-order valence-corrected chi connectivity index (χ1v) is 22.6. The summed E-state index contributed by atoms with van der Waals surface area (Å²) in [6, 6.07) is -0.678. The summed E-state index contributed by atoms with van der Waals surface area (Å²) in [5, 5.41) is 23.0. The van der Waals surface area contributed by atoms with Gasteiger partial charge in [-0.25, -0.2) is 0 Å². The third-order valence-electron chi connectivity index (χ3n) is 9.49. The number of rotatable bonds is 39. The van der Waals surface area contributed by atoms with Crippen LogP contribution in [0.25, 0.3) is 0 Å². The number of carbonyl (C=O) groups excluding carboxylic acids is 1. The molecule has 55 heavy (non-hydrogen) atoms. The Morgan fingerprint density at radius 2 is 0.818 bits per heavy atom. The van der Waals surface area contributed by atoms with Crippen molar-refractivity contribution in [3.05, 3.63) is 109 Å². The van der Waals surface area contributed by atoms with E-state index in [1.54, 1.807) is 6.08 Å². The van der Waals surface area contributed by atoms with Gasteiger partial charge in [0, 0.05) is 6.42 Å². The third kappa shape index (κ3) is 42.0.